The zero-order valence-electron chi connectivity index (χ0n) is 9.03. The van der Waals surface area contributed by atoms with Gasteiger partial charge in [0.05, 0.1) is 5.92 Å². The molecule has 0 N–H and O–H groups in total. The van der Waals surface area contributed by atoms with Gasteiger partial charge < -0.3 is 4.90 Å². The largest absolute Gasteiger partial charge is 0.338 e. The third-order valence-corrected chi connectivity index (χ3v) is 3.34. The maximum atomic E-state index is 11.7. The molecule has 1 aliphatic heterocycles. The molecule has 2 rings (SSSR count). The molecule has 1 atom stereocenters. The van der Waals surface area contributed by atoms with Crippen molar-refractivity contribution in [2.75, 3.05) is 6.54 Å². The van der Waals surface area contributed by atoms with Crippen LogP contribution in [0.25, 0.3) is 0 Å². The lowest BCUT2D eigenvalue weighted by Crippen LogP contribution is -2.25. The summed E-state index contributed by atoms with van der Waals surface area (Å²) in [7, 11) is 0. The van der Waals surface area contributed by atoms with Crippen LogP contribution in [-0.2, 0) is 16.1 Å². The molecule has 90 valence electrons. The molecule has 0 saturated carbocycles. The van der Waals surface area contributed by atoms with Crippen molar-refractivity contribution >= 4 is 34.4 Å². The van der Waals surface area contributed by atoms with E-state index < -0.39 is 5.24 Å². The Bertz CT molecular complexity index is 462. The van der Waals surface area contributed by atoms with Gasteiger partial charge in [-0.25, -0.2) is 0 Å². The van der Waals surface area contributed by atoms with Crippen molar-refractivity contribution in [2.45, 2.75) is 13.0 Å². The van der Waals surface area contributed by atoms with Gasteiger partial charge in [0, 0.05) is 24.5 Å². The van der Waals surface area contributed by atoms with Gasteiger partial charge in [-0.05, 0) is 29.3 Å². The fourth-order valence-electron chi connectivity index (χ4n) is 1.93. The molecule has 1 fully saturated rings. The van der Waals surface area contributed by atoms with Crippen LogP contribution in [0.4, 0.5) is 0 Å². The van der Waals surface area contributed by atoms with Gasteiger partial charge in [-0.2, -0.15) is 0 Å². The van der Waals surface area contributed by atoms with E-state index in [-0.39, 0.29) is 18.2 Å². The van der Waals surface area contributed by atoms with Crippen LogP contribution in [-0.4, -0.2) is 22.6 Å². The van der Waals surface area contributed by atoms with Crippen LogP contribution in [0, 0.1) is 5.92 Å². The highest BCUT2D eigenvalue weighted by Gasteiger charge is 2.33. The number of nitrogens with zero attached hydrogens (tertiary/aromatic N) is 1. The Hall–Kier alpha value is -1.06. The minimum atomic E-state index is -0.438. The van der Waals surface area contributed by atoms with Gasteiger partial charge >= 0.3 is 0 Å². The SMILES string of the molecule is O=C(Cl)[C@H]1CC(=O)N(Cc2cccc(Cl)c2)C1. The van der Waals surface area contributed by atoms with Gasteiger partial charge in [-0.1, -0.05) is 23.7 Å². The number of likely N-dealkylation sites (tertiary alicyclic amines) is 1. The lowest BCUT2D eigenvalue weighted by molar-refractivity contribution is -0.128. The van der Waals surface area contributed by atoms with Crippen molar-refractivity contribution in [1.82, 2.24) is 4.90 Å². The van der Waals surface area contributed by atoms with E-state index in [1.165, 1.54) is 0 Å². The molecule has 1 aromatic carbocycles. The standard InChI is InChI=1S/C12H11Cl2NO2/c13-10-3-1-2-8(4-10)6-15-7-9(12(14)17)5-11(15)16/h1-4,9H,5-7H2/t9-/m0/s1. The number of rotatable bonds is 3. The summed E-state index contributed by atoms with van der Waals surface area (Å²) < 4.78 is 0. The van der Waals surface area contributed by atoms with Crippen LogP contribution in [0.1, 0.15) is 12.0 Å². The third kappa shape index (κ3) is 2.99. The van der Waals surface area contributed by atoms with Gasteiger partial charge in [-0.3, -0.25) is 9.59 Å². The van der Waals surface area contributed by atoms with Crippen LogP contribution < -0.4 is 0 Å². The lowest BCUT2D eigenvalue weighted by atomic mass is 10.1. The fourth-order valence-corrected chi connectivity index (χ4v) is 2.29. The molecule has 1 aromatic rings. The Kier molecular flexibility index (Phi) is 3.69. The van der Waals surface area contributed by atoms with E-state index in [4.69, 9.17) is 23.2 Å². The van der Waals surface area contributed by atoms with E-state index in [9.17, 15) is 9.59 Å². The quantitative estimate of drug-likeness (QED) is 0.792. The molecule has 17 heavy (non-hydrogen) atoms. The average Bonchev–Trinajstić information content (AvgIpc) is 2.61. The molecule has 0 radical (unpaired) electrons. The number of hydrogen-bond acceptors (Lipinski definition) is 2. The molecule has 0 unspecified atom stereocenters. The van der Waals surface area contributed by atoms with Crippen LogP contribution in [0.2, 0.25) is 5.02 Å². The summed E-state index contributed by atoms with van der Waals surface area (Å²) in [4.78, 5) is 24.3. The van der Waals surface area contributed by atoms with Crippen LogP contribution >= 0.6 is 23.2 Å². The van der Waals surface area contributed by atoms with Gasteiger partial charge in [0.1, 0.15) is 0 Å². The summed E-state index contributed by atoms with van der Waals surface area (Å²) in [6.07, 6.45) is 0.211. The Balaban J connectivity index is 2.05. The molecular formula is C12H11Cl2NO2. The molecule has 0 aromatic heterocycles. The summed E-state index contributed by atoms with van der Waals surface area (Å²) in [5.74, 6) is -0.410. The molecule has 0 aliphatic carbocycles. The van der Waals surface area contributed by atoms with Gasteiger partial charge in [0.15, 0.2) is 0 Å². The average molecular weight is 272 g/mol. The Morgan fingerprint density at radius 3 is 2.82 bits per heavy atom. The first-order valence-electron chi connectivity index (χ1n) is 5.28. The van der Waals surface area contributed by atoms with Crippen molar-refractivity contribution in [2.24, 2.45) is 5.92 Å². The highest BCUT2D eigenvalue weighted by Crippen LogP contribution is 2.22. The molecule has 1 amide bonds. The number of halogens is 2. The monoisotopic (exact) mass is 271 g/mol. The highest BCUT2D eigenvalue weighted by atomic mass is 35.5. The Morgan fingerprint density at radius 1 is 1.47 bits per heavy atom. The first kappa shape index (κ1) is 12.4. The Labute approximate surface area is 109 Å². The number of hydrogen-bond donors (Lipinski definition) is 0. The van der Waals surface area contributed by atoms with E-state index in [0.717, 1.165) is 5.56 Å². The predicted octanol–water partition coefficient (Wildman–Crippen LogP) is 2.45. The van der Waals surface area contributed by atoms with Crippen molar-refractivity contribution in [3.8, 4) is 0 Å². The summed E-state index contributed by atoms with van der Waals surface area (Å²) in [6, 6.07) is 7.32. The molecule has 1 aliphatic rings. The lowest BCUT2D eigenvalue weighted by Gasteiger charge is -2.16. The second kappa shape index (κ2) is 5.07. The maximum Gasteiger partial charge on any atom is 0.227 e. The van der Waals surface area contributed by atoms with Gasteiger partial charge in [0.25, 0.3) is 0 Å². The summed E-state index contributed by atoms with van der Waals surface area (Å²) in [6.45, 7) is 0.869. The first-order chi connectivity index (χ1) is 8.06. The number of amides is 1. The van der Waals surface area contributed by atoms with E-state index in [2.05, 4.69) is 0 Å². The normalized spacial score (nSPS) is 19.8. The molecule has 0 bridgehead atoms. The third-order valence-electron chi connectivity index (χ3n) is 2.80. The van der Waals surface area contributed by atoms with E-state index in [1.54, 1.807) is 11.0 Å². The van der Waals surface area contributed by atoms with Crippen molar-refractivity contribution in [3.05, 3.63) is 34.9 Å². The molecular weight excluding hydrogens is 261 g/mol. The number of carbonyl (C=O) groups is 2. The zero-order valence-corrected chi connectivity index (χ0v) is 10.5. The highest BCUT2D eigenvalue weighted by molar-refractivity contribution is 6.64. The van der Waals surface area contributed by atoms with E-state index in [0.29, 0.717) is 18.1 Å². The number of carbonyl (C=O) groups excluding carboxylic acids is 2. The topological polar surface area (TPSA) is 37.4 Å². The summed E-state index contributed by atoms with van der Waals surface area (Å²) in [5.41, 5.74) is 0.952. The van der Waals surface area contributed by atoms with Crippen molar-refractivity contribution < 1.29 is 9.59 Å². The second-order valence-electron chi connectivity index (χ2n) is 4.11. The fraction of sp³-hybridized carbons (Fsp3) is 0.333. The number of benzene rings is 1. The molecule has 1 saturated heterocycles. The zero-order chi connectivity index (χ0) is 12.4. The molecule has 3 nitrogen and oxygen atoms in total. The molecule has 1 heterocycles. The predicted molar refractivity (Wildman–Crippen MR) is 65.8 cm³/mol. The minimum absolute atomic E-state index is 0.0380. The Morgan fingerprint density at radius 2 is 2.24 bits per heavy atom. The smallest absolute Gasteiger partial charge is 0.227 e. The summed E-state index contributed by atoms with van der Waals surface area (Å²) >= 11 is 11.3. The first-order valence-corrected chi connectivity index (χ1v) is 6.03. The van der Waals surface area contributed by atoms with E-state index in [1.807, 2.05) is 18.2 Å². The molecule has 0 spiro atoms. The minimum Gasteiger partial charge on any atom is -0.338 e. The van der Waals surface area contributed by atoms with Crippen LogP contribution in [0.5, 0.6) is 0 Å². The van der Waals surface area contributed by atoms with Gasteiger partial charge in [0.2, 0.25) is 11.1 Å². The van der Waals surface area contributed by atoms with Crippen molar-refractivity contribution in [1.29, 1.82) is 0 Å². The molecule has 5 heteroatoms. The van der Waals surface area contributed by atoms with Crippen molar-refractivity contribution in [3.63, 3.8) is 0 Å². The maximum absolute atomic E-state index is 11.7. The van der Waals surface area contributed by atoms with Crippen LogP contribution in [0.3, 0.4) is 0 Å². The van der Waals surface area contributed by atoms with E-state index >= 15 is 0 Å². The van der Waals surface area contributed by atoms with Crippen LogP contribution in [0.15, 0.2) is 24.3 Å². The summed E-state index contributed by atoms with van der Waals surface area (Å²) in [5, 5.41) is 0.200. The van der Waals surface area contributed by atoms with Gasteiger partial charge in [-0.15, -0.1) is 0 Å². The second-order valence-corrected chi connectivity index (χ2v) is 4.92.